The second-order valence-electron chi connectivity index (χ2n) is 8.52. The van der Waals surface area contributed by atoms with Gasteiger partial charge in [0.1, 0.15) is 0 Å². The van der Waals surface area contributed by atoms with Crippen LogP contribution in [0.2, 0.25) is 0 Å². The second-order valence-corrected chi connectivity index (χ2v) is 10.5. The van der Waals surface area contributed by atoms with Crippen LogP contribution in [0.3, 0.4) is 0 Å². The summed E-state index contributed by atoms with van der Waals surface area (Å²) in [6, 6.07) is 10.7. The lowest BCUT2D eigenvalue weighted by atomic mass is 10.0. The lowest BCUT2D eigenvalue weighted by molar-refractivity contribution is 0.102. The number of hydrogen-bond donors (Lipinski definition) is 1. The molecule has 1 amide bonds. The summed E-state index contributed by atoms with van der Waals surface area (Å²) in [5.41, 5.74) is 3.86. The third-order valence-corrected chi connectivity index (χ3v) is 8.04. The molecule has 2 aliphatic rings. The third-order valence-electron chi connectivity index (χ3n) is 6.15. The first kappa shape index (κ1) is 22.8. The molecular formula is C24H31N3O4S. The second kappa shape index (κ2) is 9.60. The van der Waals surface area contributed by atoms with E-state index in [2.05, 4.69) is 10.2 Å². The predicted molar refractivity (Wildman–Crippen MR) is 126 cm³/mol. The molecule has 8 heteroatoms. The number of rotatable bonds is 5. The molecular weight excluding hydrogens is 426 g/mol. The van der Waals surface area contributed by atoms with Crippen molar-refractivity contribution in [2.45, 2.75) is 38.0 Å². The van der Waals surface area contributed by atoms with E-state index < -0.39 is 10.0 Å². The summed E-state index contributed by atoms with van der Waals surface area (Å²) in [5.74, 6) is -0.246. The fourth-order valence-electron chi connectivity index (χ4n) is 4.37. The Labute approximate surface area is 190 Å². The Balaban J connectivity index is 1.69. The first-order valence-electron chi connectivity index (χ1n) is 11.2. The van der Waals surface area contributed by atoms with Gasteiger partial charge < -0.3 is 15.0 Å². The van der Waals surface area contributed by atoms with Crippen LogP contribution >= 0.6 is 0 Å². The minimum absolute atomic E-state index is 0.215. The summed E-state index contributed by atoms with van der Waals surface area (Å²) in [6.07, 6.45) is 2.81. The summed E-state index contributed by atoms with van der Waals surface area (Å²) in [6.45, 7) is 7.53. The molecule has 2 heterocycles. The van der Waals surface area contributed by atoms with Crippen LogP contribution in [0.25, 0.3) is 0 Å². The number of carbonyl (C=O) groups excluding carboxylic acids is 1. The molecule has 2 fully saturated rings. The quantitative estimate of drug-likeness (QED) is 0.743. The molecule has 2 aromatic rings. The van der Waals surface area contributed by atoms with Gasteiger partial charge in [-0.3, -0.25) is 4.79 Å². The summed E-state index contributed by atoms with van der Waals surface area (Å²) in [5, 5.41) is 3.00. The number of ether oxygens (including phenoxy) is 1. The first-order chi connectivity index (χ1) is 15.4. The van der Waals surface area contributed by atoms with Crippen molar-refractivity contribution in [2.75, 3.05) is 49.6 Å². The zero-order chi connectivity index (χ0) is 22.7. The van der Waals surface area contributed by atoms with Crippen molar-refractivity contribution < 1.29 is 17.9 Å². The molecule has 0 bridgehead atoms. The number of carbonyl (C=O) groups is 1. The van der Waals surface area contributed by atoms with Gasteiger partial charge in [-0.2, -0.15) is 4.31 Å². The summed E-state index contributed by atoms with van der Waals surface area (Å²) in [4.78, 5) is 15.5. The SMILES string of the molecule is Cc1ccc(C(=O)Nc2cc(S(=O)(=O)N3CCCCC3)ccc2N2CCOCC2)c(C)c1. The van der Waals surface area contributed by atoms with Gasteiger partial charge in [0.15, 0.2) is 0 Å². The fourth-order valence-corrected chi connectivity index (χ4v) is 5.91. The third kappa shape index (κ3) is 4.82. The van der Waals surface area contributed by atoms with E-state index in [0.29, 0.717) is 50.6 Å². The van der Waals surface area contributed by atoms with Gasteiger partial charge in [-0.15, -0.1) is 0 Å². The Morgan fingerprint density at radius 2 is 1.66 bits per heavy atom. The normalized spacial score (nSPS) is 17.9. The Morgan fingerprint density at radius 1 is 0.938 bits per heavy atom. The minimum atomic E-state index is -3.61. The number of sulfonamides is 1. The number of hydrogen-bond acceptors (Lipinski definition) is 5. The molecule has 2 saturated heterocycles. The van der Waals surface area contributed by atoms with Crippen LogP contribution in [0.15, 0.2) is 41.3 Å². The van der Waals surface area contributed by atoms with E-state index in [1.54, 1.807) is 22.5 Å². The van der Waals surface area contributed by atoms with Crippen molar-refractivity contribution in [3.63, 3.8) is 0 Å². The zero-order valence-corrected chi connectivity index (χ0v) is 19.6. The largest absolute Gasteiger partial charge is 0.378 e. The van der Waals surface area contributed by atoms with Crippen LogP contribution in [-0.4, -0.2) is 58.0 Å². The molecule has 2 aliphatic heterocycles. The Bertz CT molecular complexity index is 1090. The van der Waals surface area contributed by atoms with Gasteiger partial charge >= 0.3 is 0 Å². The minimum Gasteiger partial charge on any atom is -0.378 e. The Kier molecular flexibility index (Phi) is 6.83. The standard InChI is InChI=1S/C24H31N3O4S/c1-18-6-8-21(19(2)16-18)24(28)25-22-17-20(32(29,30)27-10-4-3-5-11-27)7-9-23(22)26-12-14-31-15-13-26/h6-9,16-17H,3-5,10-15H2,1-2H3,(H,25,28). The number of amides is 1. The van der Waals surface area contributed by atoms with E-state index in [4.69, 9.17) is 4.74 Å². The van der Waals surface area contributed by atoms with Crippen molar-refractivity contribution in [2.24, 2.45) is 0 Å². The van der Waals surface area contributed by atoms with Gasteiger partial charge in [-0.25, -0.2) is 8.42 Å². The van der Waals surface area contributed by atoms with Crippen molar-refractivity contribution in [1.82, 2.24) is 4.31 Å². The van der Waals surface area contributed by atoms with Gasteiger partial charge in [-0.1, -0.05) is 24.1 Å². The Morgan fingerprint density at radius 3 is 2.34 bits per heavy atom. The summed E-state index contributed by atoms with van der Waals surface area (Å²) < 4.78 is 33.5. The molecule has 0 radical (unpaired) electrons. The predicted octanol–water partition coefficient (Wildman–Crippen LogP) is 3.57. The highest BCUT2D eigenvalue weighted by Crippen LogP contribution is 2.32. The van der Waals surface area contributed by atoms with Crippen LogP contribution in [0.4, 0.5) is 11.4 Å². The number of piperidine rings is 1. The number of anilines is 2. The van der Waals surface area contributed by atoms with E-state index in [1.165, 1.54) is 0 Å². The van der Waals surface area contributed by atoms with Crippen molar-refractivity contribution >= 4 is 27.3 Å². The molecule has 0 aliphatic carbocycles. The summed E-state index contributed by atoms with van der Waals surface area (Å²) >= 11 is 0. The molecule has 32 heavy (non-hydrogen) atoms. The molecule has 0 saturated carbocycles. The van der Waals surface area contributed by atoms with Gasteiger partial charge in [0.2, 0.25) is 10.0 Å². The smallest absolute Gasteiger partial charge is 0.255 e. The molecule has 0 aromatic heterocycles. The highest BCUT2D eigenvalue weighted by molar-refractivity contribution is 7.89. The molecule has 0 atom stereocenters. The molecule has 4 rings (SSSR count). The number of nitrogens with zero attached hydrogens (tertiary/aromatic N) is 2. The highest BCUT2D eigenvalue weighted by atomic mass is 32.2. The van der Waals surface area contributed by atoms with Crippen LogP contribution in [0, 0.1) is 13.8 Å². The topological polar surface area (TPSA) is 79.0 Å². The zero-order valence-electron chi connectivity index (χ0n) is 18.8. The van der Waals surface area contributed by atoms with Crippen LogP contribution in [-0.2, 0) is 14.8 Å². The van der Waals surface area contributed by atoms with E-state index in [-0.39, 0.29) is 10.8 Å². The van der Waals surface area contributed by atoms with Crippen molar-refractivity contribution in [1.29, 1.82) is 0 Å². The van der Waals surface area contributed by atoms with E-state index in [1.807, 2.05) is 32.0 Å². The fraction of sp³-hybridized carbons (Fsp3) is 0.458. The van der Waals surface area contributed by atoms with E-state index in [0.717, 1.165) is 36.1 Å². The van der Waals surface area contributed by atoms with Crippen LogP contribution in [0.5, 0.6) is 0 Å². The van der Waals surface area contributed by atoms with Gasteiger partial charge in [0.05, 0.1) is 29.5 Å². The molecule has 1 N–H and O–H groups in total. The summed E-state index contributed by atoms with van der Waals surface area (Å²) in [7, 11) is -3.61. The van der Waals surface area contributed by atoms with Crippen molar-refractivity contribution in [3.8, 4) is 0 Å². The maximum atomic E-state index is 13.3. The lowest BCUT2D eigenvalue weighted by Crippen LogP contribution is -2.37. The van der Waals surface area contributed by atoms with Crippen LogP contribution < -0.4 is 10.2 Å². The maximum Gasteiger partial charge on any atom is 0.255 e. The molecule has 0 unspecified atom stereocenters. The van der Waals surface area contributed by atoms with Gasteiger partial charge in [0, 0.05) is 31.7 Å². The van der Waals surface area contributed by atoms with Gasteiger partial charge in [-0.05, 0) is 56.5 Å². The molecule has 2 aromatic carbocycles. The lowest BCUT2D eigenvalue weighted by Gasteiger charge is -2.31. The number of nitrogens with one attached hydrogen (secondary N) is 1. The number of morpholine rings is 1. The van der Waals surface area contributed by atoms with E-state index >= 15 is 0 Å². The van der Waals surface area contributed by atoms with Crippen molar-refractivity contribution in [3.05, 3.63) is 53.1 Å². The molecule has 172 valence electrons. The number of aryl methyl sites for hydroxylation is 2. The van der Waals surface area contributed by atoms with Crippen LogP contribution in [0.1, 0.15) is 40.7 Å². The monoisotopic (exact) mass is 457 g/mol. The van der Waals surface area contributed by atoms with Gasteiger partial charge in [0.25, 0.3) is 5.91 Å². The number of benzene rings is 2. The highest BCUT2D eigenvalue weighted by Gasteiger charge is 2.28. The molecule has 0 spiro atoms. The maximum absolute atomic E-state index is 13.3. The average Bonchev–Trinajstić information content (AvgIpc) is 2.80. The van der Waals surface area contributed by atoms with E-state index in [9.17, 15) is 13.2 Å². The Hall–Kier alpha value is -2.42. The first-order valence-corrected chi connectivity index (χ1v) is 12.7. The molecule has 7 nitrogen and oxygen atoms in total. The average molecular weight is 458 g/mol.